The predicted octanol–water partition coefficient (Wildman–Crippen LogP) is 1.18. The Kier molecular flexibility index (Phi) is 13.4. The van der Waals surface area contributed by atoms with Gasteiger partial charge in [0, 0.05) is 37.5 Å². The molecular formula is C41H50ClFN6O9. The fraction of sp³-hybridized carbons (Fsp3) is 0.537. The van der Waals surface area contributed by atoms with Crippen LogP contribution in [0.5, 0.6) is 0 Å². The molecule has 312 valence electrons. The van der Waals surface area contributed by atoms with Gasteiger partial charge in [0.05, 0.1) is 12.5 Å². The van der Waals surface area contributed by atoms with Crippen LogP contribution in [0.15, 0.2) is 42.5 Å². The molecule has 0 saturated carbocycles. The van der Waals surface area contributed by atoms with Crippen molar-refractivity contribution in [1.29, 1.82) is 0 Å². The Labute approximate surface area is 340 Å². The van der Waals surface area contributed by atoms with E-state index in [1.54, 1.807) is 12.1 Å². The van der Waals surface area contributed by atoms with E-state index < -0.39 is 103 Å². The third-order valence-electron chi connectivity index (χ3n) is 11.3. The summed E-state index contributed by atoms with van der Waals surface area (Å²) in [4.78, 5) is 101. The van der Waals surface area contributed by atoms with Crippen molar-refractivity contribution in [3.63, 3.8) is 0 Å². The van der Waals surface area contributed by atoms with Crippen LogP contribution in [0.1, 0.15) is 62.6 Å². The van der Waals surface area contributed by atoms with Crippen molar-refractivity contribution in [2.24, 2.45) is 5.92 Å². The summed E-state index contributed by atoms with van der Waals surface area (Å²) < 4.78 is 20.4. The maximum atomic E-state index is 14.7. The molecule has 2 aromatic rings. The molecule has 4 aliphatic heterocycles. The molecule has 15 nitrogen and oxygen atoms in total. The van der Waals surface area contributed by atoms with E-state index in [1.807, 2.05) is 26.0 Å². The average Bonchev–Trinajstić information content (AvgIpc) is 3.78. The number of carbonyl (C=O) groups excluding carboxylic acids is 7. The number of fused-ring (bicyclic) bond motifs is 3. The van der Waals surface area contributed by atoms with Crippen molar-refractivity contribution >= 4 is 53.0 Å². The number of esters is 1. The molecule has 4 saturated heterocycles. The van der Waals surface area contributed by atoms with Gasteiger partial charge in [-0.25, -0.2) is 9.18 Å². The molecule has 4 N–H and O–H groups in total. The summed E-state index contributed by atoms with van der Waals surface area (Å²) in [5, 5.41) is 19.0. The minimum atomic E-state index is -1.61. The second-order valence-corrected chi connectivity index (χ2v) is 16.4. The lowest BCUT2D eigenvalue weighted by molar-refractivity contribution is -0.158. The number of nitrogens with zero attached hydrogens (tertiary/aromatic N) is 3. The van der Waals surface area contributed by atoms with Gasteiger partial charge in [-0.3, -0.25) is 28.8 Å². The van der Waals surface area contributed by atoms with Crippen LogP contribution < -0.4 is 16.0 Å². The molecule has 4 fully saturated rings. The Hall–Kier alpha value is -5.09. The van der Waals surface area contributed by atoms with Crippen LogP contribution in [-0.2, 0) is 51.1 Å². The molecule has 4 aliphatic rings. The van der Waals surface area contributed by atoms with Crippen LogP contribution in [0.2, 0.25) is 5.02 Å². The minimum Gasteiger partial charge on any atom is -0.461 e. The molecule has 0 bridgehead atoms. The maximum Gasteiger partial charge on any atom is 0.328 e. The number of hydrogen-bond acceptors (Lipinski definition) is 9. The van der Waals surface area contributed by atoms with Crippen LogP contribution in [0.25, 0.3) is 0 Å². The number of hydrogen-bond donors (Lipinski definition) is 4. The number of carbonyl (C=O) groups is 7. The Morgan fingerprint density at radius 1 is 0.948 bits per heavy atom. The van der Waals surface area contributed by atoms with Crippen molar-refractivity contribution in [3.8, 4) is 0 Å². The Bertz CT molecular complexity index is 1950. The van der Waals surface area contributed by atoms with Gasteiger partial charge in [-0.05, 0) is 68.7 Å². The van der Waals surface area contributed by atoms with Crippen LogP contribution >= 0.6 is 11.6 Å². The van der Waals surface area contributed by atoms with Crippen molar-refractivity contribution in [2.45, 2.75) is 108 Å². The normalized spacial score (nSPS) is 27.6. The van der Waals surface area contributed by atoms with Crippen LogP contribution in [-0.4, -0.2) is 130 Å². The summed E-state index contributed by atoms with van der Waals surface area (Å²) in [5.74, 6) is -5.67. The van der Waals surface area contributed by atoms with Gasteiger partial charge >= 0.3 is 5.97 Å². The van der Waals surface area contributed by atoms with Gasteiger partial charge in [0.15, 0.2) is 0 Å². The quantitative estimate of drug-likeness (QED) is 0.297. The van der Waals surface area contributed by atoms with E-state index in [-0.39, 0.29) is 55.4 Å². The van der Waals surface area contributed by atoms with E-state index in [9.17, 15) is 43.1 Å². The number of rotatable bonds is 7. The first-order chi connectivity index (χ1) is 27.6. The highest BCUT2D eigenvalue weighted by atomic mass is 35.5. The molecule has 4 heterocycles. The first-order valence-electron chi connectivity index (χ1n) is 19.7. The topological polar surface area (TPSA) is 195 Å². The highest BCUT2D eigenvalue weighted by molar-refractivity contribution is 6.30. The van der Waals surface area contributed by atoms with Crippen LogP contribution in [0, 0.1) is 18.7 Å². The van der Waals surface area contributed by atoms with Gasteiger partial charge < -0.3 is 40.5 Å². The lowest BCUT2D eigenvalue weighted by Gasteiger charge is -2.39. The number of nitrogens with one attached hydrogen (secondary N) is 3. The zero-order valence-electron chi connectivity index (χ0n) is 32.7. The lowest BCUT2D eigenvalue weighted by atomic mass is 9.99. The number of ether oxygens (including phenoxy) is 1. The smallest absolute Gasteiger partial charge is 0.328 e. The average molecular weight is 825 g/mol. The van der Waals surface area contributed by atoms with E-state index in [4.69, 9.17) is 16.3 Å². The molecule has 2 aromatic carbocycles. The standard InChI is InChI=1S/C41H50ClFN6O9/c1-22-7-6-8-25(13-22)15-30(45-35(51)16-26-10-11-27(42)17-29(26)43)36(52)46-31-21-58-41(57)34-14-23(2)19-48(34)38(54)24(3)44-37(53)32-9-4-5-12-47(32)40(56)33-18-28(50)20-49(33)39(31)55/h6-8,10-11,13,17,23-24,28,30-34,50H,4-5,9,12,14-16,18-21H2,1-3H3,(H,44,53)(H,45,51)(H,46,52)/t23-,24+,28-,30+,31+,32+,33+,34+/m1/s1. The summed E-state index contributed by atoms with van der Waals surface area (Å²) in [5.41, 5.74) is 1.58. The molecule has 0 aromatic heterocycles. The Morgan fingerprint density at radius 2 is 1.71 bits per heavy atom. The number of aryl methyl sites for hydroxylation is 1. The molecular weight excluding hydrogens is 775 g/mol. The van der Waals surface area contributed by atoms with Crippen molar-refractivity contribution in [1.82, 2.24) is 30.7 Å². The van der Waals surface area contributed by atoms with Crippen molar-refractivity contribution < 1.29 is 47.8 Å². The molecule has 0 spiro atoms. The highest BCUT2D eigenvalue weighted by Gasteiger charge is 2.47. The molecule has 6 rings (SSSR count). The Balaban J connectivity index is 1.32. The van der Waals surface area contributed by atoms with E-state index in [0.717, 1.165) is 16.5 Å². The van der Waals surface area contributed by atoms with Gasteiger partial charge in [0.1, 0.15) is 48.7 Å². The third-order valence-corrected chi connectivity index (χ3v) is 11.5. The number of halogens is 2. The number of piperidine rings is 1. The number of aliphatic hydroxyl groups excluding tert-OH is 1. The molecule has 17 heteroatoms. The minimum absolute atomic E-state index is 0.0381. The van der Waals surface area contributed by atoms with Crippen LogP contribution in [0.4, 0.5) is 4.39 Å². The first-order valence-corrected chi connectivity index (χ1v) is 20.1. The summed E-state index contributed by atoms with van der Waals surface area (Å²) in [6.45, 7) is 4.66. The van der Waals surface area contributed by atoms with E-state index in [1.165, 1.54) is 28.9 Å². The zero-order valence-corrected chi connectivity index (χ0v) is 33.5. The highest BCUT2D eigenvalue weighted by Crippen LogP contribution is 2.28. The van der Waals surface area contributed by atoms with Gasteiger partial charge in [0.2, 0.25) is 35.4 Å². The van der Waals surface area contributed by atoms with E-state index in [0.29, 0.717) is 24.8 Å². The largest absolute Gasteiger partial charge is 0.461 e. The zero-order chi connectivity index (χ0) is 41.8. The summed E-state index contributed by atoms with van der Waals surface area (Å²) in [6, 6.07) is 3.90. The number of aliphatic hydroxyl groups is 1. The van der Waals surface area contributed by atoms with Gasteiger partial charge in [-0.2, -0.15) is 0 Å². The van der Waals surface area contributed by atoms with Gasteiger partial charge in [0.25, 0.3) is 0 Å². The fourth-order valence-electron chi connectivity index (χ4n) is 8.36. The van der Waals surface area contributed by atoms with Crippen molar-refractivity contribution in [3.05, 3.63) is 70.0 Å². The van der Waals surface area contributed by atoms with Gasteiger partial charge in [-0.15, -0.1) is 0 Å². The molecule has 0 unspecified atom stereocenters. The Morgan fingerprint density at radius 3 is 2.45 bits per heavy atom. The number of amides is 6. The molecule has 58 heavy (non-hydrogen) atoms. The number of benzene rings is 2. The molecule has 0 aliphatic carbocycles. The summed E-state index contributed by atoms with van der Waals surface area (Å²) in [7, 11) is 0. The maximum absolute atomic E-state index is 14.7. The second kappa shape index (κ2) is 18.2. The summed E-state index contributed by atoms with van der Waals surface area (Å²) >= 11 is 5.89. The molecule has 0 radical (unpaired) electrons. The SMILES string of the molecule is Cc1cccc(C[C@H](NC(=O)Cc2ccc(Cl)cc2F)C(=O)N[C@H]2COC(=O)[C@@H]3C[C@@H](C)CN3C(=O)[C@H](C)NC(=O)[C@@H]3CCCCN3C(=O)[C@@H]3C[C@@H](O)CN3C2=O)c1. The predicted molar refractivity (Wildman–Crippen MR) is 207 cm³/mol. The second-order valence-electron chi connectivity index (χ2n) is 15.9. The third kappa shape index (κ3) is 9.77. The van der Waals surface area contributed by atoms with Gasteiger partial charge in [-0.1, -0.05) is 54.4 Å². The fourth-order valence-corrected chi connectivity index (χ4v) is 8.52. The first kappa shape index (κ1) is 42.5. The van der Waals surface area contributed by atoms with E-state index in [2.05, 4.69) is 16.0 Å². The number of cyclic esters (lactones) is 1. The monoisotopic (exact) mass is 824 g/mol. The molecule has 6 amide bonds. The van der Waals surface area contributed by atoms with E-state index >= 15 is 0 Å². The van der Waals surface area contributed by atoms with Crippen LogP contribution in [0.3, 0.4) is 0 Å². The van der Waals surface area contributed by atoms with Crippen molar-refractivity contribution in [2.75, 3.05) is 26.2 Å². The summed E-state index contributed by atoms with van der Waals surface area (Å²) in [6.07, 6.45) is 0.0552. The lowest BCUT2D eigenvalue weighted by Crippen LogP contribution is -2.62. The molecule has 8 atom stereocenters.